The van der Waals surface area contributed by atoms with E-state index >= 15 is 0 Å². The summed E-state index contributed by atoms with van der Waals surface area (Å²) in [5, 5.41) is 0. The van der Waals surface area contributed by atoms with E-state index in [1.54, 1.807) is 0 Å². The Morgan fingerprint density at radius 3 is 3.00 bits per heavy atom. The minimum atomic E-state index is -0.732. The molecule has 2 rings (SSSR count). The van der Waals surface area contributed by atoms with Crippen molar-refractivity contribution in [1.29, 1.82) is 0 Å². The number of fused-ring (bicyclic) bond motifs is 1. The molecule has 0 heterocycles. The summed E-state index contributed by atoms with van der Waals surface area (Å²) in [6.45, 7) is 3.54. The van der Waals surface area contributed by atoms with Crippen molar-refractivity contribution in [3.63, 3.8) is 0 Å². The molecular formula is C13H17FO. The van der Waals surface area contributed by atoms with Gasteiger partial charge in [0, 0.05) is 0 Å². The zero-order valence-electron chi connectivity index (χ0n) is 9.35. The van der Waals surface area contributed by atoms with Gasteiger partial charge in [-0.1, -0.05) is 13.0 Å². The number of rotatable bonds is 2. The summed E-state index contributed by atoms with van der Waals surface area (Å²) < 4.78 is 17.3. The number of alkyl halides is 1. The summed E-state index contributed by atoms with van der Waals surface area (Å²) in [6.07, 6.45) is 3.34. The molecule has 2 heteroatoms. The molecule has 15 heavy (non-hydrogen) atoms. The second-order valence-corrected chi connectivity index (χ2v) is 4.50. The van der Waals surface area contributed by atoms with Gasteiger partial charge in [0.15, 0.2) is 0 Å². The summed E-state index contributed by atoms with van der Waals surface area (Å²) in [5.41, 5.74) is 3.72. The first-order valence-corrected chi connectivity index (χ1v) is 5.52. The molecule has 0 bridgehead atoms. The van der Waals surface area contributed by atoms with E-state index in [-0.39, 0.29) is 0 Å². The zero-order valence-corrected chi connectivity index (χ0v) is 9.35. The molecule has 0 spiro atoms. The fraction of sp³-hybridized carbons (Fsp3) is 0.538. The van der Waals surface area contributed by atoms with Crippen molar-refractivity contribution in [3.05, 3.63) is 28.8 Å². The predicted molar refractivity (Wildman–Crippen MR) is 59.0 cm³/mol. The molecule has 0 saturated carbocycles. The number of halogens is 1. The first-order valence-electron chi connectivity index (χ1n) is 5.52. The number of ether oxygens (including phenoxy) is 1. The van der Waals surface area contributed by atoms with E-state index < -0.39 is 6.86 Å². The van der Waals surface area contributed by atoms with Crippen LogP contribution in [-0.2, 0) is 12.8 Å². The van der Waals surface area contributed by atoms with Gasteiger partial charge in [0.1, 0.15) is 5.75 Å². The van der Waals surface area contributed by atoms with Crippen molar-refractivity contribution in [2.45, 2.75) is 33.1 Å². The highest BCUT2D eigenvalue weighted by Crippen LogP contribution is 2.33. The van der Waals surface area contributed by atoms with E-state index in [2.05, 4.69) is 13.0 Å². The van der Waals surface area contributed by atoms with E-state index in [0.717, 1.165) is 24.2 Å². The maximum absolute atomic E-state index is 12.3. The molecule has 82 valence electrons. The number of benzene rings is 1. The molecule has 0 aromatic heterocycles. The lowest BCUT2D eigenvalue weighted by molar-refractivity contribution is 0.188. The van der Waals surface area contributed by atoms with Gasteiger partial charge >= 0.3 is 0 Å². The molecule has 1 unspecified atom stereocenters. The number of hydrogen-bond acceptors (Lipinski definition) is 1. The van der Waals surface area contributed by atoms with Gasteiger partial charge in [-0.15, -0.1) is 0 Å². The molecule has 1 atom stereocenters. The van der Waals surface area contributed by atoms with Crippen LogP contribution in [0.25, 0.3) is 0 Å². The third-order valence-corrected chi connectivity index (χ3v) is 3.11. The van der Waals surface area contributed by atoms with Gasteiger partial charge in [-0.05, 0) is 54.9 Å². The SMILES string of the molecule is Cc1cc2c(c(OCF)c1)CC(C)CC2. The lowest BCUT2D eigenvalue weighted by atomic mass is 9.84. The minimum Gasteiger partial charge on any atom is -0.463 e. The van der Waals surface area contributed by atoms with Crippen LogP contribution in [0.4, 0.5) is 4.39 Å². The second-order valence-electron chi connectivity index (χ2n) is 4.50. The topological polar surface area (TPSA) is 9.23 Å². The number of aryl methyl sites for hydroxylation is 2. The molecule has 0 saturated heterocycles. The normalized spacial score (nSPS) is 19.8. The fourth-order valence-electron chi connectivity index (χ4n) is 2.35. The maximum atomic E-state index is 12.3. The Morgan fingerprint density at radius 2 is 2.27 bits per heavy atom. The standard InChI is InChI=1S/C13H17FO/c1-9-3-4-11-5-10(2)7-13(15-8-14)12(11)6-9/h5,7,9H,3-4,6,8H2,1-2H3. The smallest absolute Gasteiger partial charge is 0.228 e. The first kappa shape index (κ1) is 10.5. The van der Waals surface area contributed by atoms with Crippen LogP contribution in [0.5, 0.6) is 5.75 Å². The summed E-state index contributed by atoms with van der Waals surface area (Å²) in [7, 11) is 0. The minimum absolute atomic E-state index is 0.683. The van der Waals surface area contributed by atoms with Gasteiger partial charge in [0.25, 0.3) is 0 Å². The van der Waals surface area contributed by atoms with Gasteiger partial charge in [-0.3, -0.25) is 0 Å². The van der Waals surface area contributed by atoms with Crippen molar-refractivity contribution >= 4 is 0 Å². The molecule has 1 aromatic carbocycles. The molecule has 0 amide bonds. The van der Waals surface area contributed by atoms with Crippen LogP contribution in [0.15, 0.2) is 12.1 Å². The monoisotopic (exact) mass is 208 g/mol. The van der Waals surface area contributed by atoms with Crippen LogP contribution in [0.3, 0.4) is 0 Å². The third-order valence-electron chi connectivity index (χ3n) is 3.11. The summed E-state index contributed by atoms with van der Waals surface area (Å²) in [4.78, 5) is 0. The van der Waals surface area contributed by atoms with Crippen LogP contribution in [0.2, 0.25) is 0 Å². The van der Waals surface area contributed by atoms with Crippen molar-refractivity contribution in [3.8, 4) is 5.75 Å². The van der Waals surface area contributed by atoms with E-state index in [9.17, 15) is 4.39 Å². The molecule has 0 N–H and O–H groups in total. The average molecular weight is 208 g/mol. The molecule has 0 fully saturated rings. The number of hydrogen-bond donors (Lipinski definition) is 0. The van der Waals surface area contributed by atoms with Crippen LogP contribution >= 0.6 is 0 Å². The maximum Gasteiger partial charge on any atom is 0.228 e. The van der Waals surface area contributed by atoms with Gasteiger partial charge in [-0.2, -0.15) is 0 Å². The van der Waals surface area contributed by atoms with E-state index in [1.165, 1.54) is 17.5 Å². The molecule has 0 aliphatic heterocycles. The Bertz CT molecular complexity index is 360. The Kier molecular flexibility index (Phi) is 2.94. The van der Waals surface area contributed by atoms with Crippen molar-refractivity contribution in [1.82, 2.24) is 0 Å². The molecular weight excluding hydrogens is 191 g/mol. The lowest BCUT2D eigenvalue weighted by Gasteiger charge is -2.24. The van der Waals surface area contributed by atoms with E-state index in [1.807, 2.05) is 13.0 Å². The highest BCUT2D eigenvalue weighted by Gasteiger charge is 2.19. The zero-order chi connectivity index (χ0) is 10.8. The van der Waals surface area contributed by atoms with Crippen LogP contribution < -0.4 is 4.74 Å². The predicted octanol–water partition coefficient (Wildman–Crippen LogP) is 3.43. The Morgan fingerprint density at radius 1 is 1.47 bits per heavy atom. The van der Waals surface area contributed by atoms with E-state index in [4.69, 9.17) is 4.74 Å². The largest absolute Gasteiger partial charge is 0.463 e. The van der Waals surface area contributed by atoms with Crippen LogP contribution in [-0.4, -0.2) is 6.86 Å². The van der Waals surface area contributed by atoms with Gasteiger partial charge in [0.2, 0.25) is 6.86 Å². The second kappa shape index (κ2) is 4.21. The molecule has 1 aliphatic carbocycles. The van der Waals surface area contributed by atoms with E-state index in [0.29, 0.717) is 5.92 Å². The molecule has 1 aliphatic rings. The van der Waals surface area contributed by atoms with Gasteiger partial charge < -0.3 is 4.74 Å². The summed E-state index contributed by atoms with van der Waals surface area (Å²) >= 11 is 0. The first-order chi connectivity index (χ1) is 7.20. The quantitative estimate of drug-likeness (QED) is 0.723. The Labute approximate surface area is 90.3 Å². The highest BCUT2D eigenvalue weighted by atomic mass is 19.1. The molecule has 1 aromatic rings. The molecule has 0 radical (unpaired) electrons. The highest BCUT2D eigenvalue weighted by molar-refractivity contribution is 5.45. The lowest BCUT2D eigenvalue weighted by Crippen LogP contribution is -2.13. The van der Waals surface area contributed by atoms with Crippen LogP contribution in [0, 0.1) is 12.8 Å². The Balaban J connectivity index is 2.40. The van der Waals surface area contributed by atoms with Gasteiger partial charge in [0.05, 0.1) is 0 Å². The average Bonchev–Trinajstić information content (AvgIpc) is 2.19. The van der Waals surface area contributed by atoms with Crippen molar-refractivity contribution in [2.75, 3.05) is 6.86 Å². The van der Waals surface area contributed by atoms with Gasteiger partial charge in [-0.25, -0.2) is 4.39 Å². The van der Waals surface area contributed by atoms with Crippen molar-refractivity contribution < 1.29 is 9.13 Å². The van der Waals surface area contributed by atoms with Crippen molar-refractivity contribution in [2.24, 2.45) is 5.92 Å². The fourth-order valence-corrected chi connectivity index (χ4v) is 2.35. The van der Waals surface area contributed by atoms with Crippen LogP contribution in [0.1, 0.15) is 30.0 Å². The summed E-state index contributed by atoms with van der Waals surface area (Å²) in [5.74, 6) is 1.43. The Hall–Kier alpha value is -1.05. The summed E-state index contributed by atoms with van der Waals surface area (Å²) in [6, 6.07) is 4.14. The third kappa shape index (κ3) is 2.14. The molecule has 1 nitrogen and oxygen atoms in total.